The maximum atomic E-state index is 6.59. The summed E-state index contributed by atoms with van der Waals surface area (Å²) in [6, 6.07) is 57.8. The lowest BCUT2D eigenvalue weighted by molar-refractivity contribution is 0.794. The van der Waals surface area contributed by atoms with Crippen LogP contribution in [0.4, 0.5) is 0 Å². The molecule has 232 valence electrons. The summed E-state index contributed by atoms with van der Waals surface area (Å²) in [4.78, 5) is 0. The average molecular weight is 645 g/mol. The van der Waals surface area contributed by atoms with E-state index in [0.29, 0.717) is 0 Å². The Morgan fingerprint density at radius 1 is 0.469 bits per heavy atom. The van der Waals surface area contributed by atoms with Crippen molar-refractivity contribution in [3.8, 4) is 44.5 Å². The molecule has 1 spiro atoms. The highest BCUT2D eigenvalue weighted by Gasteiger charge is 2.51. The summed E-state index contributed by atoms with van der Waals surface area (Å²) < 4.78 is 0. The van der Waals surface area contributed by atoms with E-state index in [1.54, 1.807) is 0 Å². The predicted molar refractivity (Wildman–Crippen MR) is 207 cm³/mol. The molecule has 9 rings (SSSR count). The Hall–Kier alpha value is -5.69. The molecule has 2 aliphatic rings. The SMILES string of the molecule is C\C=C/C=c1/c(Cl)ccc/c1=C\c1ccc(-c2ccccc2-c2cccc3c2-c2ccccc2C32c3ccccc3-c3ccccc32)cc1. The molecule has 0 N–H and O–H groups in total. The second kappa shape index (κ2) is 11.8. The summed E-state index contributed by atoms with van der Waals surface area (Å²) in [5.41, 5.74) is 16.4. The highest BCUT2D eigenvalue weighted by atomic mass is 35.5. The second-order valence-corrected chi connectivity index (χ2v) is 13.3. The summed E-state index contributed by atoms with van der Waals surface area (Å²) in [6.07, 6.45) is 8.32. The van der Waals surface area contributed by atoms with Gasteiger partial charge in [-0.3, -0.25) is 0 Å². The largest absolute Gasteiger partial charge is 0.0876 e. The number of benzene rings is 7. The zero-order chi connectivity index (χ0) is 33.0. The first-order chi connectivity index (χ1) is 24.2. The van der Waals surface area contributed by atoms with Crippen LogP contribution in [0.15, 0.2) is 170 Å². The molecular weight excluding hydrogens is 612 g/mol. The first-order valence-corrected chi connectivity index (χ1v) is 17.3. The Morgan fingerprint density at radius 2 is 1.00 bits per heavy atom. The van der Waals surface area contributed by atoms with Gasteiger partial charge in [0, 0.05) is 10.2 Å². The van der Waals surface area contributed by atoms with Crippen molar-refractivity contribution in [2.75, 3.05) is 0 Å². The molecular formula is C48H33Cl. The van der Waals surface area contributed by atoms with Gasteiger partial charge in [0.05, 0.1) is 5.41 Å². The third-order valence-electron chi connectivity index (χ3n) is 10.3. The van der Waals surface area contributed by atoms with Crippen LogP contribution in [-0.2, 0) is 5.41 Å². The lowest BCUT2D eigenvalue weighted by atomic mass is 9.70. The Kier molecular flexibility index (Phi) is 7.08. The van der Waals surface area contributed by atoms with Crippen LogP contribution in [0.25, 0.3) is 56.7 Å². The number of rotatable bonds is 4. The molecule has 0 fully saturated rings. The second-order valence-electron chi connectivity index (χ2n) is 12.9. The van der Waals surface area contributed by atoms with E-state index in [-0.39, 0.29) is 5.41 Å². The minimum Gasteiger partial charge on any atom is -0.0876 e. The van der Waals surface area contributed by atoms with Crippen LogP contribution in [-0.4, -0.2) is 0 Å². The van der Waals surface area contributed by atoms with Gasteiger partial charge >= 0.3 is 0 Å². The maximum Gasteiger partial charge on any atom is 0.0725 e. The molecule has 0 saturated carbocycles. The van der Waals surface area contributed by atoms with E-state index in [0.717, 1.165) is 21.0 Å². The summed E-state index contributed by atoms with van der Waals surface area (Å²) in [5, 5.41) is 2.88. The van der Waals surface area contributed by atoms with E-state index in [9.17, 15) is 0 Å². The van der Waals surface area contributed by atoms with Crippen molar-refractivity contribution in [2.24, 2.45) is 0 Å². The van der Waals surface area contributed by atoms with E-state index >= 15 is 0 Å². The fraction of sp³-hybridized carbons (Fsp3) is 0.0417. The van der Waals surface area contributed by atoms with Crippen LogP contribution < -0.4 is 10.4 Å². The standard InChI is InChI=1S/C48H33Cl/c1-2-3-15-36-34(14-12-26-46(36)49)31-32-27-29-33(30-28-32)35-16-4-5-17-37(35)40-21-13-25-45-47(40)41-20-8-11-24-44(41)48(45)42-22-9-6-18-38(42)39-19-7-10-23-43(39)48/h2-31H,1H3/b3-2-,34-31+,36-15+. The topological polar surface area (TPSA) is 0 Å². The summed E-state index contributed by atoms with van der Waals surface area (Å²) >= 11 is 6.59. The molecule has 2 aliphatic carbocycles. The lowest BCUT2D eigenvalue weighted by Crippen LogP contribution is -2.25. The minimum atomic E-state index is -0.356. The van der Waals surface area contributed by atoms with Crippen molar-refractivity contribution >= 4 is 23.8 Å². The summed E-state index contributed by atoms with van der Waals surface area (Å²) in [5.74, 6) is 0. The van der Waals surface area contributed by atoms with Crippen LogP contribution in [0.2, 0.25) is 5.02 Å². The van der Waals surface area contributed by atoms with E-state index < -0.39 is 0 Å². The van der Waals surface area contributed by atoms with Crippen molar-refractivity contribution in [3.05, 3.63) is 213 Å². The zero-order valence-corrected chi connectivity index (χ0v) is 28.0. The number of hydrogen-bond acceptors (Lipinski definition) is 0. The molecule has 0 amide bonds. The van der Waals surface area contributed by atoms with Crippen molar-refractivity contribution in [3.63, 3.8) is 0 Å². The van der Waals surface area contributed by atoms with Gasteiger partial charge in [0.2, 0.25) is 0 Å². The zero-order valence-electron chi connectivity index (χ0n) is 27.2. The maximum absolute atomic E-state index is 6.59. The fourth-order valence-electron chi connectivity index (χ4n) is 8.32. The van der Waals surface area contributed by atoms with Crippen LogP contribution in [0.3, 0.4) is 0 Å². The molecule has 1 heteroatoms. The first kappa shape index (κ1) is 29.4. The van der Waals surface area contributed by atoms with Gasteiger partial charge in [-0.2, -0.15) is 0 Å². The van der Waals surface area contributed by atoms with Crippen LogP contribution in [0.5, 0.6) is 0 Å². The van der Waals surface area contributed by atoms with E-state index in [1.165, 1.54) is 66.8 Å². The molecule has 0 aliphatic heterocycles. The molecule has 0 bridgehead atoms. The van der Waals surface area contributed by atoms with Gasteiger partial charge < -0.3 is 0 Å². The molecule has 7 aromatic carbocycles. The first-order valence-electron chi connectivity index (χ1n) is 16.9. The number of allylic oxidation sites excluding steroid dienone is 2. The van der Waals surface area contributed by atoms with Gasteiger partial charge in [0.15, 0.2) is 0 Å². The van der Waals surface area contributed by atoms with Crippen LogP contribution >= 0.6 is 11.6 Å². The van der Waals surface area contributed by atoms with E-state index in [2.05, 4.69) is 158 Å². The molecule has 0 saturated heterocycles. The summed E-state index contributed by atoms with van der Waals surface area (Å²) in [7, 11) is 0. The smallest absolute Gasteiger partial charge is 0.0725 e. The van der Waals surface area contributed by atoms with Gasteiger partial charge in [-0.1, -0.05) is 181 Å². The third kappa shape index (κ3) is 4.45. The molecule has 0 aromatic heterocycles. The van der Waals surface area contributed by atoms with Crippen LogP contribution in [0, 0.1) is 0 Å². The molecule has 0 unspecified atom stereocenters. The average Bonchev–Trinajstić information content (AvgIpc) is 3.63. The lowest BCUT2D eigenvalue weighted by Gasteiger charge is -2.30. The van der Waals surface area contributed by atoms with Crippen molar-refractivity contribution in [2.45, 2.75) is 12.3 Å². The quantitative estimate of drug-likeness (QED) is 0.179. The van der Waals surface area contributed by atoms with Gasteiger partial charge in [0.1, 0.15) is 0 Å². The fourth-order valence-corrected chi connectivity index (χ4v) is 8.57. The predicted octanol–water partition coefficient (Wildman–Crippen LogP) is 11.2. The Bertz CT molecular complexity index is 2520. The molecule has 0 nitrogen and oxygen atoms in total. The molecule has 0 atom stereocenters. The van der Waals surface area contributed by atoms with Gasteiger partial charge in [0.25, 0.3) is 0 Å². The highest BCUT2D eigenvalue weighted by Crippen LogP contribution is 2.64. The van der Waals surface area contributed by atoms with Gasteiger partial charge in [-0.05, 0) is 96.6 Å². The number of fused-ring (bicyclic) bond motifs is 10. The molecule has 0 heterocycles. The highest BCUT2D eigenvalue weighted by molar-refractivity contribution is 6.30. The van der Waals surface area contributed by atoms with E-state index in [1.807, 2.05) is 31.2 Å². The Morgan fingerprint density at radius 3 is 1.67 bits per heavy atom. The third-order valence-corrected chi connectivity index (χ3v) is 10.7. The number of halogens is 1. The minimum absolute atomic E-state index is 0.356. The van der Waals surface area contributed by atoms with Crippen molar-refractivity contribution in [1.29, 1.82) is 0 Å². The molecule has 49 heavy (non-hydrogen) atoms. The summed E-state index contributed by atoms with van der Waals surface area (Å²) in [6.45, 7) is 2.01. The molecule has 7 aromatic rings. The Labute approximate surface area is 292 Å². The number of hydrogen-bond donors (Lipinski definition) is 0. The Balaban J connectivity index is 1.22. The van der Waals surface area contributed by atoms with E-state index in [4.69, 9.17) is 11.6 Å². The van der Waals surface area contributed by atoms with Crippen molar-refractivity contribution in [1.82, 2.24) is 0 Å². The van der Waals surface area contributed by atoms with Gasteiger partial charge in [-0.25, -0.2) is 0 Å². The van der Waals surface area contributed by atoms with Crippen LogP contribution in [0.1, 0.15) is 34.7 Å². The van der Waals surface area contributed by atoms with Crippen molar-refractivity contribution < 1.29 is 0 Å². The normalized spacial score (nSPS) is 14.2. The monoisotopic (exact) mass is 644 g/mol. The van der Waals surface area contributed by atoms with Gasteiger partial charge in [-0.15, -0.1) is 0 Å². The molecule has 0 radical (unpaired) electrons.